The van der Waals surface area contributed by atoms with Crippen molar-refractivity contribution in [1.82, 2.24) is 0 Å². The summed E-state index contributed by atoms with van der Waals surface area (Å²) >= 11 is 7.67. The van der Waals surface area contributed by atoms with Gasteiger partial charge in [0.2, 0.25) is 0 Å². The van der Waals surface area contributed by atoms with Crippen molar-refractivity contribution in [2.24, 2.45) is 5.16 Å². The Kier molecular flexibility index (Phi) is 35.3. The van der Waals surface area contributed by atoms with Crippen molar-refractivity contribution in [3.8, 4) is 0 Å². The molecule has 0 rings (SSSR count). The van der Waals surface area contributed by atoms with Gasteiger partial charge in [0, 0.05) is 11.5 Å². The first kappa shape index (κ1) is 17.3. The quantitative estimate of drug-likeness (QED) is 0.270. The van der Waals surface area contributed by atoms with Gasteiger partial charge < -0.3 is 5.21 Å². The number of hydrogen-bond acceptors (Lipinski definition) is 4. The maximum absolute atomic E-state index is 8.02. The van der Waals surface area contributed by atoms with Crippen molar-refractivity contribution in [2.45, 2.75) is 27.7 Å². The lowest BCUT2D eigenvalue weighted by Crippen LogP contribution is -2.00. The van der Waals surface area contributed by atoms with E-state index in [2.05, 4.69) is 30.4 Å². The molecule has 0 aromatic carbocycles. The fourth-order valence-corrected chi connectivity index (χ4v) is 0.640. The molecule has 0 saturated heterocycles. The molecular formula is C7H19NOS2. The fourth-order valence-electron chi connectivity index (χ4n) is 0.113. The average molecular weight is 197 g/mol. The SMILES string of the molecule is CC.CC.ON=C(CS)CS. The lowest BCUT2D eigenvalue weighted by Gasteiger charge is -1.88. The monoisotopic (exact) mass is 197 g/mol. The van der Waals surface area contributed by atoms with Crippen molar-refractivity contribution in [3.63, 3.8) is 0 Å². The van der Waals surface area contributed by atoms with Gasteiger partial charge in [0.05, 0.1) is 5.71 Å². The topological polar surface area (TPSA) is 32.6 Å². The molecule has 0 aromatic heterocycles. The Bertz CT molecular complexity index is 70.8. The van der Waals surface area contributed by atoms with Gasteiger partial charge in [0.1, 0.15) is 0 Å². The van der Waals surface area contributed by atoms with E-state index < -0.39 is 0 Å². The zero-order chi connectivity index (χ0) is 9.70. The fraction of sp³-hybridized carbons (Fsp3) is 0.857. The van der Waals surface area contributed by atoms with Crippen LogP contribution in [0.5, 0.6) is 0 Å². The predicted molar refractivity (Wildman–Crippen MR) is 59.6 cm³/mol. The van der Waals surface area contributed by atoms with Crippen LogP contribution in [-0.4, -0.2) is 22.4 Å². The van der Waals surface area contributed by atoms with E-state index in [1.54, 1.807) is 0 Å². The van der Waals surface area contributed by atoms with Gasteiger partial charge in [0.15, 0.2) is 0 Å². The van der Waals surface area contributed by atoms with Crippen LogP contribution in [0.1, 0.15) is 27.7 Å². The zero-order valence-electron chi connectivity index (χ0n) is 7.70. The minimum atomic E-state index is 0.472. The highest BCUT2D eigenvalue weighted by molar-refractivity contribution is 7.82. The van der Waals surface area contributed by atoms with Gasteiger partial charge in [-0.2, -0.15) is 25.3 Å². The second kappa shape index (κ2) is 22.5. The van der Waals surface area contributed by atoms with E-state index in [-0.39, 0.29) is 0 Å². The van der Waals surface area contributed by atoms with Gasteiger partial charge in [-0.05, 0) is 0 Å². The minimum absolute atomic E-state index is 0.472. The molecule has 70 valence electrons. The third-order valence-corrected chi connectivity index (χ3v) is 1.24. The van der Waals surface area contributed by atoms with Crippen LogP contribution in [0.4, 0.5) is 0 Å². The van der Waals surface area contributed by atoms with Gasteiger partial charge in [-0.15, -0.1) is 0 Å². The summed E-state index contributed by atoms with van der Waals surface area (Å²) in [6.45, 7) is 8.00. The van der Waals surface area contributed by atoms with Crippen molar-refractivity contribution < 1.29 is 5.21 Å². The molecule has 0 aliphatic rings. The van der Waals surface area contributed by atoms with E-state index in [0.717, 1.165) is 0 Å². The van der Waals surface area contributed by atoms with Crippen molar-refractivity contribution in [1.29, 1.82) is 0 Å². The van der Waals surface area contributed by atoms with E-state index in [1.165, 1.54) is 0 Å². The number of rotatable bonds is 2. The largest absolute Gasteiger partial charge is 0.411 e. The van der Waals surface area contributed by atoms with E-state index in [0.29, 0.717) is 17.2 Å². The molecule has 0 aliphatic carbocycles. The summed E-state index contributed by atoms with van der Waals surface area (Å²) < 4.78 is 0. The highest BCUT2D eigenvalue weighted by Gasteiger charge is 1.88. The molecule has 0 aromatic rings. The van der Waals surface area contributed by atoms with Crippen LogP contribution in [-0.2, 0) is 0 Å². The van der Waals surface area contributed by atoms with Gasteiger partial charge >= 0.3 is 0 Å². The Morgan fingerprint density at radius 3 is 1.36 bits per heavy atom. The van der Waals surface area contributed by atoms with Crippen LogP contribution in [0, 0.1) is 0 Å². The third-order valence-electron chi connectivity index (χ3n) is 0.506. The maximum Gasteiger partial charge on any atom is 0.0762 e. The second-order valence-corrected chi connectivity index (χ2v) is 1.61. The summed E-state index contributed by atoms with van der Waals surface area (Å²) in [5, 5.41) is 10.9. The standard InChI is InChI=1S/C3H7NOS2.2C2H6/c5-4-3(1-6)2-7;2*1-2/h5-7H,1-2H2;2*1-2H3. The molecular weight excluding hydrogens is 178 g/mol. The number of hydrogen-bond donors (Lipinski definition) is 3. The summed E-state index contributed by atoms with van der Waals surface area (Å²) in [6.07, 6.45) is 0. The molecule has 0 atom stereocenters. The van der Waals surface area contributed by atoms with E-state index >= 15 is 0 Å². The molecule has 0 spiro atoms. The van der Waals surface area contributed by atoms with Crippen LogP contribution >= 0.6 is 25.3 Å². The van der Waals surface area contributed by atoms with E-state index in [4.69, 9.17) is 5.21 Å². The van der Waals surface area contributed by atoms with E-state index in [1.807, 2.05) is 27.7 Å². The van der Waals surface area contributed by atoms with Crippen LogP contribution in [0.2, 0.25) is 0 Å². The van der Waals surface area contributed by atoms with Gasteiger partial charge in [-0.25, -0.2) is 0 Å². The lowest BCUT2D eigenvalue weighted by atomic mass is 10.5. The molecule has 0 aliphatic heterocycles. The highest BCUT2D eigenvalue weighted by atomic mass is 32.1. The molecule has 1 N–H and O–H groups in total. The normalized spacial score (nSPS) is 6.36. The Morgan fingerprint density at radius 2 is 1.36 bits per heavy atom. The summed E-state index contributed by atoms with van der Waals surface area (Å²) in [5.41, 5.74) is 0.590. The first-order valence-corrected chi connectivity index (χ1v) is 5.03. The minimum Gasteiger partial charge on any atom is -0.411 e. The second-order valence-electron chi connectivity index (χ2n) is 0.982. The van der Waals surface area contributed by atoms with E-state index in [9.17, 15) is 0 Å². The molecule has 4 heteroatoms. The first-order chi connectivity index (χ1) is 5.35. The van der Waals surface area contributed by atoms with Gasteiger partial charge in [-0.1, -0.05) is 32.9 Å². The van der Waals surface area contributed by atoms with Gasteiger partial charge in [0.25, 0.3) is 0 Å². The lowest BCUT2D eigenvalue weighted by molar-refractivity contribution is 0.318. The number of nitrogens with zero attached hydrogens (tertiary/aromatic N) is 1. The first-order valence-electron chi connectivity index (χ1n) is 3.76. The van der Waals surface area contributed by atoms with Crippen LogP contribution in [0.25, 0.3) is 0 Å². The molecule has 0 unspecified atom stereocenters. The smallest absolute Gasteiger partial charge is 0.0762 e. The molecule has 11 heavy (non-hydrogen) atoms. The molecule has 0 amide bonds. The van der Waals surface area contributed by atoms with Crippen LogP contribution < -0.4 is 0 Å². The molecule has 0 heterocycles. The Morgan fingerprint density at radius 1 is 1.09 bits per heavy atom. The molecule has 0 bridgehead atoms. The highest BCUT2D eigenvalue weighted by Crippen LogP contribution is 1.83. The summed E-state index contributed by atoms with van der Waals surface area (Å²) in [7, 11) is 0. The van der Waals surface area contributed by atoms with Crippen LogP contribution in [0.15, 0.2) is 5.16 Å². The molecule has 0 fully saturated rings. The summed E-state index contributed by atoms with van der Waals surface area (Å²) in [6, 6.07) is 0. The van der Waals surface area contributed by atoms with Crippen molar-refractivity contribution in [3.05, 3.63) is 0 Å². The molecule has 2 nitrogen and oxygen atoms in total. The van der Waals surface area contributed by atoms with Crippen LogP contribution in [0.3, 0.4) is 0 Å². The average Bonchev–Trinajstić information content (AvgIpc) is 2.14. The molecule has 0 radical (unpaired) electrons. The number of thiol groups is 2. The van der Waals surface area contributed by atoms with Crippen molar-refractivity contribution >= 4 is 31.0 Å². The molecule has 0 saturated carbocycles. The Labute approximate surface area is 80.9 Å². The van der Waals surface area contributed by atoms with Gasteiger partial charge in [-0.3, -0.25) is 0 Å². The third kappa shape index (κ3) is 17.8. The Hall–Kier alpha value is 0.170. The summed E-state index contributed by atoms with van der Waals surface area (Å²) in [4.78, 5) is 0. The number of oxime groups is 1. The van der Waals surface area contributed by atoms with Crippen molar-refractivity contribution in [2.75, 3.05) is 11.5 Å². The zero-order valence-corrected chi connectivity index (χ0v) is 9.49. The Balaban J connectivity index is -0.000000138. The maximum atomic E-state index is 8.02. The predicted octanol–water partition coefficient (Wildman–Crippen LogP) is 2.73. The summed E-state index contributed by atoms with van der Waals surface area (Å²) in [5.74, 6) is 0.944.